The lowest BCUT2D eigenvalue weighted by molar-refractivity contribution is -0.132. The Labute approximate surface area is 60.9 Å². The third-order valence-corrected chi connectivity index (χ3v) is 1.10. The molecule has 0 aromatic rings. The van der Waals surface area contributed by atoms with Crippen LogP contribution in [-0.4, -0.2) is 11.1 Å². The van der Waals surface area contributed by atoms with E-state index in [0.29, 0.717) is 5.57 Å². The zero-order valence-electron chi connectivity index (χ0n) is 6.00. The lowest BCUT2D eigenvalue weighted by atomic mass is 10.1. The summed E-state index contributed by atoms with van der Waals surface area (Å²) >= 11 is 0. The Hall–Kier alpha value is -1.05. The average molecular weight is 139 g/mol. The molecule has 0 rings (SSSR count). The van der Waals surface area contributed by atoms with Crippen molar-refractivity contribution in [3.63, 3.8) is 0 Å². The van der Waals surface area contributed by atoms with Gasteiger partial charge in [-0.3, -0.25) is 0 Å². The SMILES string of the molecule is [CH2]C(C=C)C=C(C)C(=O)O. The summed E-state index contributed by atoms with van der Waals surface area (Å²) in [7, 11) is 0. The molecular formula is C8H11O2. The van der Waals surface area contributed by atoms with Crippen molar-refractivity contribution in [1.29, 1.82) is 0 Å². The summed E-state index contributed by atoms with van der Waals surface area (Å²) < 4.78 is 0. The van der Waals surface area contributed by atoms with Crippen LogP contribution < -0.4 is 0 Å². The molecule has 55 valence electrons. The molecule has 0 aliphatic rings. The number of rotatable bonds is 3. The number of carbonyl (C=O) groups is 1. The van der Waals surface area contributed by atoms with Gasteiger partial charge in [-0.2, -0.15) is 0 Å². The highest BCUT2D eigenvalue weighted by Gasteiger charge is 1.99. The molecule has 1 N–H and O–H groups in total. The van der Waals surface area contributed by atoms with Crippen LogP contribution in [0, 0.1) is 12.8 Å². The van der Waals surface area contributed by atoms with Crippen LogP contribution in [0.1, 0.15) is 6.92 Å². The van der Waals surface area contributed by atoms with Crippen molar-refractivity contribution in [2.24, 2.45) is 5.92 Å². The number of hydrogen-bond acceptors (Lipinski definition) is 1. The summed E-state index contributed by atoms with van der Waals surface area (Å²) in [4.78, 5) is 10.2. The maximum atomic E-state index is 10.2. The summed E-state index contributed by atoms with van der Waals surface area (Å²) in [6.45, 7) is 8.63. The van der Waals surface area contributed by atoms with Crippen molar-refractivity contribution in [2.45, 2.75) is 6.92 Å². The third kappa shape index (κ3) is 3.07. The van der Waals surface area contributed by atoms with Gasteiger partial charge < -0.3 is 5.11 Å². The molecule has 0 saturated carbocycles. The van der Waals surface area contributed by atoms with E-state index >= 15 is 0 Å². The standard InChI is InChI=1S/C8H11O2/c1-4-6(2)5-7(3)8(9)10/h4-6H,1-2H2,3H3,(H,9,10). The van der Waals surface area contributed by atoms with Gasteiger partial charge in [0.15, 0.2) is 0 Å². The van der Waals surface area contributed by atoms with Crippen LogP contribution >= 0.6 is 0 Å². The molecular weight excluding hydrogens is 128 g/mol. The topological polar surface area (TPSA) is 37.3 Å². The van der Waals surface area contributed by atoms with E-state index in [4.69, 9.17) is 5.11 Å². The number of aliphatic carboxylic acids is 1. The average Bonchev–Trinajstić information content (AvgIpc) is 1.87. The van der Waals surface area contributed by atoms with Gasteiger partial charge in [0.2, 0.25) is 0 Å². The van der Waals surface area contributed by atoms with Crippen LogP contribution in [0.5, 0.6) is 0 Å². The molecule has 2 heteroatoms. The second-order valence-corrected chi connectivity index (χ2v) is 2.05. The monoisotopic (exact) mass is 139 g/mol. The summed E-state index contributed by atoms with van der Waals surface area (Å²) in [6.07, 6.45) is 3.14. The van der Waals surface area contributed by atoms with Crippen molar-refractivity contribution in [3.05, 3.63) is 31.2 Å². The normalized spacial score (nSPS) is 14.4. The Balaban J connectivity index is 4.15. The molecule has 0 aliphatic heterocycles. The predicted octanol–water partition coefficient (Wildman–Crippen LogP) is 1.65. The van der Waals surface area contributed by atoms with Gasteiger partial charge in [-0.25, -0.2) is 4.79 Å². The van der Waals surface area contributed by atoms with Crippen LogP contribution in [0.2, 0.25) is 0 Å². The number of hydrogen-bond donors (Lipinski definition) is 1. The predicted molar refractivity (Wildman–Crippen MR) is 40.4 cm³/mol. The van der Waals surface area contributed by atoms with Gasteiger partial charge >= 0.3 is 5.97 Å². The van der Waals surface area contributed by atoms with Gasteiger partial charge in [-0.05, 0) is 19.8 Å². The molecule has 0 bridgehead atoms. The van der Waals surface area contributed by atoms with Crippen LogP contribution in [0.15, 0.2) is 24.3 Å². The highest BCUT2D eigenvalue weighted by atomic mass is 16.4. The van der Waals surface area contributed by atoms with Gasteiger partial charge in [-0.15, -0.1) is 6.58 Å². The zero-order chi connectivity index (χ0) is 8.15. The van der Waals surface area contributed by atoms with E-state index < -0.39 is 5.97 Å². The first-order valence-corrected chi connectivity index (χ1v) is 2.95. The molecule has 0 aromatic heterocycles. The first kappa shape index (κ1) is 8.95. The Kier molecular flexibility index (Phi) is 3.47. The molecule has 0 aromatic carbocycles. The maximum Gasteiger partial charge on any atom is 0.330 e. The lowest BCUT2D eigenvalue weighted by Gasteiger charge is -1.97. The minimum absolute atomic E-state index is 0.115. The molecule has 0 aliphatic carbocycles. The molecule has 1 atom stereocenters. The van der Waals surface area contributed by atoms with Crippen molar-refractivity contribution < 1.29 is 9.90 Å². The highest BCUT2D eigenvalue weighted by Crippen LogP contribution is 2.02. The Bertz CT molecular complexity index is 168. The fraction of sp³-hybridized carbons (Fsp3) is 0.250. The molecule has 0 amide bonds. The molecule has 0 spiro atoms. The summed E-state index contributed by atoms with van der Waals surface area (Å²) in [5.41, 5.74) is 0.305. The molecule has 0 fully saturated rings. The second kappa shape index (κ2) is 3.88. The van der Waals surface area contributed by atoms with Crippen LogP contribution in [-0.2, 0) is 4.79 Å². The van der Waals surface area contributed by atoms with Crippen LogP contribution in [0.3, 0.4) is 0 Å². The highest BCUT2D eigenvalue weighted by molar-refractivity contribution is 5.85. The van der Waals surface area contributed by atoms with E-state index in [2.05, 4.69) is 13.5 Å². The smallest absolute Gasteiger partial charge is 0.330 e. The minimum Gasteiger partial charge on any atom is -0.478 e. The Morgan fingerprint density at radius 1 is 1.70 bits per heavy atom. The quantitative estimate of drug-likeness (QED) is 0.477. The lowest BCUT2D eigenvalue weighted by Crippen LogP contribution is -1.98. The van der Waals surface area contributed by atoms with Crippen LogP contribution in [0.4, 0.5) is 0 Å². The number of allylic oxidation sites excluding steroid dienone is 2. The van der Waals surface area contributed by atoms with E-state index in [1.807, 2.05) is 0 Å². The zero-order valence-corrected chi connectivity index (χ0v) is 6.00. The Morgan fingerprint density at radius 2 is 2.20 bits per heavy atom. The molecule has 0 saturated heterocycles. The number of carboxylic acid groups (broad SMARTS) is 1. The van der Waals surface area contributed by atoms with Crippen LogP contribution in [0.25, 0.3) is 0 Å². The Morgan fingerprint density at radius 3 is 2.50 bits per heavy atom. The fourth-order valence-electron chi connectivity index (χ4n) is 0.460. The molecule has 0 heterocycles. The van der Waals surface area contributed by atoms with E-state index in [0.717, 1.165) is 0 Å². The van der Waals surface area contributed by atoms with Gasteiger partial charge in [0, 0.05) is 5.57 Å². The van der Waals surface area contributed by atoms with Gasteiger partial charge in [0.25, 0.3) is 0 Å². The van der Waals surface area contributed by atoms with E-state index in [-0.39, 0.29) is 5.92 Å². The summed E-state index contributed by atoms with van der Waals surface area (Å²) in [5.74, 6) is -1.02. The minimum atomic E-state index is -0.907. The molecule has 1 unspecified atom stereocenters. The summed E-state index contributed by atoms with van der Waals surface area (Å²) in [6, 6.07) is 0. The second-order valence-electron chi connectivity index (χ2n) is 2.05. The summed E-state index contributed by atoms with van der Waals surface area (Å²) in [5, 5.41) is 8.40. The molecule has 2 nitrogen and oxygen atoms in total. The van der Waals surface area contributed by atoms with Gasteiger partial charge in [0.1, 0.15) is 0 Å². The first-order valence-electron chi connectivity index (χ1n) is 2.95. The van der Waals surface area contributed by atoms with Crippen molar-refractivity contribution in [3.8, 4) is 0 Å². The third-order valence-electron chi connectivity index (χ3n) is 1.10. The van der Waals surface area contributed by atoms with Crippen molar-refractivity contribution >= 4 is 5.97 Å². The number of carboxylic acids is 1. The first-order chi connectivity index (χ1) is 4.57. The van der Waals surface area contributed by atoms with Gasteiger partial charge in [0.05, 0.1) is 0 Å². The van der Waals surface area contributed by atoms with Crippen molar-refractivity contribution in [2.75, 3.05) is 0 Å². The molecule has 10 heavy (non-hydrogen) atoms. The van der Waals surface area contributed by atoms with Gasteiger partial charge in [-0.1, -0.05) is 12.2 Å². The van der Waals surface area contributed by atoms with E-state index in [1.54, 1.807) is 12.2 Å². The maximum absolute atomic E-state index is 10.2. The van der Waals surface area contributed by atoms with Crippen molar-refractivity contribution in [1.82, 2.24) is 0 Å². The fourth-order valence-corrected chi connectivity index (χ4v) is 0.460. The van der Waals surface area contributed by atoms with E-state index in [9.17, 15) is 4.79 Å². The largest absolute Gasteiger partial charge is 0.478 e. The molecule has 1 radical (unpaired) electrons. The van der Waals surface area contributed by atoms with E-state index in [1.165, 1.54) is 6.92 Å².